The Kier molecular flexibility index (Phi) is 8.97. The lowest BCUT2D eigenvalue weighted by Crippen LogP contribution is -2.45. The Morgan fingerprint density at radius 1 is 1.12 bits per heavy atom. The Hall–Kier alpha value is -5.20. The SMILES string of the molecule is CCOC(=O)C1=C(C)NC(=O)N[C@H]1c1ccc(OCC(=O)N/N=C\[C@H]2C(=O)N(c3ccccc3)N=C2C)c(OC)c1. The number of carbonyl (C=O) groups is 4. The molecule has 2 aromatic carbocycles. The molecule has 41 heavy (non-hydrogen) atoms. The van der Waals surface area contributed by atoms with E-state index in [4.69, 9.17) is 14.2 Å². The van der Waals surface area contributed by atoms with E-state index in [1.54, 1.807) is 51.1 Å². The Bertz CT molecular complexity index is 1440. The van der Waals surface area contributed by atoms with Crippen LogP contribution in [0.5, 0.6) is 11.5 Å². The zero-order valence-corrected chi connectivity index (χ0v) is 23.0. The second-order valence-corrected chi connectivity index (χ2v) is 9.01. The highest BCUT2D eigenvalue weighted by Gasteiger charge is 2.34. The molecule has 2 aliphatic heterocycles. The summed E-state index contributed by atoms with van der Waals surface area (Å²) in [6, 6.07) is 12.5. The van der Waals surface area contributed by atoms with Gasteiger partial charge in [0.15, 0.2) is 18.1 Å². The predicted octanol–water partition coefficient (Wildman–Crippen LogP) is 2.41. The van der Waals surface area contributed by atoms with Crippen LogP contribution in [0.3, 0.4) is 0 Å². The Morgan fingerprint density at radius 3 is 2.59 bits per heavy atom. The largest absolute Gasteiger partial charge is 0.493 e. The first kappa shape index (κ1) is 28.8. The van der Waals surface area contributed by atoms with Crippen LogP contribution in [-0.4, -0.2) is 56.1 Å². The van der Waals surface area contributed by atoms with Crippen molar-refractivity contribution in [3.05, 3.63) is 65.4 Å². The average molecular weight is 563 g/mol. The fraction of sp³-hybridized carbons (Fsp3) is 0.286. The minimum absolute atomic E-state index is 0.175. The maximum atomic E-state index is 12.8. The highest BCUT2D eigenvalue weighted by Crippen LogP contribution is 2.34. The Labute approximate surface area is 236 Å². The molecule has 4 rings (SSSR count). The third kappa shape index (κ3) is 6.52. The molecule has 2 aromatic rings. The molecule has 0 bridgehead atoms. The first-order chi connectivity index (χ1) is 19.7. The molecule has 13 nitrogen and oxygen atoms in total. The van der Waals surface area contributed by atoms with Gasteiger partial charge in [-0.1, -0.05) is 24.3 Å². The molecular formula is C28H30N6O7. The quantitative estimate of drug-likeness (QED) is 0.228. The summed E-state index contributed by atoms with van der Waals surface area (Å²) in [5.74, 6) is -1.60. The number of hydrazone groups is 2. The summed E-state index contributed by atoms with van der Waals surface area (Å²) in [4.78, 5) is 49.8. The molecule has 2 aliphatic rings. The number of benzene rings is 2. The van der Waals surface area contributed by atoms with Crippen molar-refractivity contribution in [1.29, 1.82) is 0 Å². The molecule has 0 spiro atoms. The molecule has 4 amide bonds. The van der Waals surface area contributed by atoms with Crippen LogP contribution in [0.25, 0.3) is 0 Å². The number of hydrogen-bond donors (Lipinski definition) is 3. The van der Waals surface area contributed by atoms with Gasteiger partial charge in [0.1, 0.15) is 5.92 Å². The Morgan fingerprint density at radius 2 is 1.88 bits per heavy atom. The summed E-state index contributed by atoms with van der Waals surface area (Å²) in [5.41, 5.74) is 4.70. The monoisotopic (exact) mass is 562 g/mol. The van der Waals surface area contributed by atoms with Crippen molar-refractivity contribution in [2.75, 3.05) is 25.3 Å². The van der Waals surface area contributed by atoms with Crippen LogP contribution >= 0.6 is 0 Å². The van der Waals surface area contributed by atoms with E-state index in [0.717, 1.165) is 0 Å². The fourth-order valence-corrected chi connectivity index (χ4v) is 4.27. The van der Waals surface area contributed by atoms with Gasteiger partial charge in [-0.05, 0) is 50.6 Å². The van der Waals surface area contributed by atoms with E-state index in [0.29, 0.717) is 22.7 Å². The zero-order valence-electron chi connectivity index (χ0n) is 23.0. The van der Waals surface area contributed by atoms with Crippen molar-refractivity contribution in [3.63, 3.8) is 0 Å². The number of para-hydroxylation sites is 1. The van der Waals surface area contributed by atoms with Crippen molar-refractivity contribution in [3.8, 4) is 11.5 Å². The number of nitrogens with one attached hydrogen (secondary N) is 3. The standard InChI is InChI=1S/C28H30N6O7/c1-5-40-27(37)24-17(3)30-28(38)31-25(24)18-11-12-21(22(13-18)39-4)41-15-23(35)32-29-14-20-16(2)33-34(26(20)36)19-9-7-6-8-10-19/h6-14,20,25H,5,15H2,1-4H3,(H,32,35)(H2,30,31,38)/b29-14-/t20-,25+/m1/s1. The topological polar surface area (TPSA) is 160 Å². The normalized spacial score (nSPS) is 18.5. The third-order valence-electron chi connectivity index (χ3n) is 6.24. The van der Waals surface area contributed by atoms with E-state index >= 15 is 0 Å². The number of nitrogens with zero attached hydrogens (tertiary/aromatic N) is 3. The van der Waals surface area contributed by atoms with Crippen LogP contribution in [0.2, 0.25) is 0 Å². The van der Waals surface area contributed by atoms with E-state index < -0.39 is 36.5 Å². The summed E-state index contributed by atoms with van der Waals surface area (Å²) >= 11 is 0. The molecule has 0 saturated carbocycles. The highest BCUT2D eigenvalue weighted by atomic mass is 16.5. The van der Waals surface area contributed by atoms with Gasteiger partial charge in [0.2, 0.25) is 0 Å². The molecule has 0 radical (unpaired) electrons. The number of allylic oxidation sites excluding steroid dienone is 1. The maximum Gasteiger partial charge on any atom is 0.338 e. The fourth-order valence-electron chi connectivity index (χ4n) is 4.27. The number of amides is 4. The van der Waals surface area contributed by atoms with Gasteiger partial charge >= 0.3 is 12.0 Å². The molecule has 0 saturated heterocycles. The van der Waals surface area contributed by atoms with Gasteiger partial charge in [0, 0.05) is 11.9 Å². The summed E-state index contributed by atoms with van der Waals surface area (Å²) in [5, 5.41) is 14.8. The number of esters is 1. The summed E-state index contributed by atoms with van der Waals surface area (Å²) in [6.07, 6.45) is 1.32. The van der Waals surface area contributed by atoms with Gasteiger partial charge < -0.3 is 24.8 Å². The van der Waals surface area contributed by atoms with Crippen molar-refractivity contribution >= 4 is 41.4 Å². The summed E-state index contributed by atoms with van der Waals surface area (Å²) in [6.45, 7) is 4.79. The van der Waals surface area contributed by atoms with E-state index in [9.17, 15) is 19.2 Å². The number of anilines is 1. The average Bonchev–Trinajstić information content (AvgIpc) is 3.24. The Balaban J connectivity index is 1.38. The highest BCUT2D eigenvalue weighted by molar-refractivity contribution is 6.23. The van der Waals surface area contributed by atoms with Crippen molar-refractivity contribution in [2.24, 2.45) is 16.1 Å². The number of hydrogen-bond acceptors (Lipinski definition) is 9. The maximum absolute atomic E-state index is 12.8. The van der Waals surface area contributed by atoms with Crippen LogP contribution in [0.4, 0.5) is 10.5 Å². The minimum atomic E-state index is -0.786. The zero-order chi connectivity index (χ0) is 29.5. The molecule has 0 unspecified atom stereocenters. The molecular weight excluding hydrogens is 532 g/mol. The van der Waals surface area contributed by atoms with E-state index in [1.807, 2.05) is 18.2 Å². The van der Waals surface area contributed by atoms with Crippen LogP contribution in [0, 0.1) is 5.92 Å². The predicted molar refractivity (Wildman–Crippen MR) is 149 cm³/mol. The van der Waals surface area contributed by atoms with Crippen LogP contribution in [0.1, 0.15) is 32.4 Å². The van der Waals surface area contributed by atoms with Gasteiger partial charge in [0.05, 0.1) is 36.7 Å². The molecule has 13 heteroatoms. The molecule has 0 aromatic heterocycles. The molecule has 0 fully saturated rings. The van der Waals surface area contributed by atoms with E-state index in [2.05, 4.69) is 26.3 Å². The molecule has 2 atom stereocenters. The van der Waals surface area contributed by atoms with Crippen molar-refractivity contribution in [2.45, 2.75) is 26.8 Å². The minimum Gasteiger partial charge on any atom is -0.493 e. The van der Waals surface area contributed by atoms with Gasteiger partial charge in [-0.2, -0.15) is 15.2 Å². The van der Waals surface area contributed by atoms with Crippen molar-refractivity contribution in [1.82, 2.24) is 16.1 Å². The second kappa shape index (κ2) is 12.8. The van der Waals surface area contributed by atoms with Crippen molar-refractivity contribution < 1.29 is 33.4 Å². The van der Waals surface area contributed by atoms with Crippen LogP contribution in [-0.2, 0) is 19.1 Å². The lowest BCUT2D eigenvalue weighted by atomic mass is 9.95. The molecule has 3 N–H and O–H groups in total. The molecule has 214 valence electrons. The van der Waals surface area contributed by atoms with Crippen LogP contribution in [0.15, 0.2) is 70.0 Å². The lowest BCUT2D eigenvalue weighted by molar-refractivity contribution is -0.139. The number of methoxy groups -OCH3 is 1. The van der Waals surface area contributed by atoms with E-state index in [1.165, 1.54) is 18.3 Å². The summed E-state index contributed by atoms with van der Waals surface area (Å²) < 4.78 is 16.2. The van der Waals surface area contributed by atoms with Gasteiger partial charge in [-0.3, -0.25) is 9.59 Å². The number of urea groups is 1. The molecule has 0 aliphatic carbocycles. The second-order valence-electron chi connectivity index (χ2n) is 9.01. The first-order valence-corrected chi connectivity index (χ1v) is 12.8. The number of rotatable bonds is 10. The number of ether oxygens (including phenoxy) is 3. The lowest BCUT2D eigenvalue weighted by Gasteiger charge is -2.28. The van der Waals surface area contributed by atoms with Gasteiger partial charge in [-0.25, -0.2) is 15.0 Å². The van der Waals surface area contributed by atoms with E-state index in [-0.39, 0.29) is 29.6 Å². The third-order valence-corrected chi connectivity index (χ3v) is 6.24. The first-order valence-electron chi connectivity index (χ1n) is 12.8. The number of carbonyl (C=O) groups excluding carboxylic acids is 4. The smallest absolute Gasteiger partial charge is 0.338 e. The van der Waals surface area contributed by atoms with Crippen LogP contribution < -0.4 is 30.5 Å². The summed E-state index contributed by atoms with van der Waals surface area (Å²) in [7, 11) is 1.42. The van der Waals surface area contributed by atoms with Gasteiger partial charge in [-0.15, -0.1) is 0 Å². The molecule has 2 heterocycles. The van der Waals surface area contributed by atoms with Gasteiger partial charge in [0.25, 0.3) is 11.8 Å².